The highest BCUT2D eigenvalue weighted by Gasteiger charge is 2.38. The van der Waals surface area contributed by atoms with E-state index in [4.69, 9.17) is 4.42 Å². The van der Waals surface area contributed by atoms with Crippen molar-refractivity contribution in [2.45, 2.75) is 45.4 Å². The van der Waals surface area contributed by atoms with Crippen LogP contribution in [0.5, 0.6) is 0 Å². The largest absolute Gasteiger partial charge is 0.456 e. The molecule has 285 valence electrons. The summed E-state index contributed by atoms with van der Waals surface area (Å²) >= 11 is 1.89. The van der Waals surface area contributed by atoms with Crippen molar-refractivity contribution in [3.05, 3.63) is 162 Å². The molecule has 0 fully saturated rings. The van der Waals surface area contributed by atoms with E-state index in [1.54, 1.807) is 0 Å². The molecule has 4 heterocycles. The van der Waals surface area contributed by atoms with Crippen molar-refractivity contribution in [3.8, 4) is 27.9 Å². The fourth-order valence-electron chi connectivity index (χ4n) is 10.5. The molecule has 0 bridgehead atoms. The van der Waals surface area contributed by atoms with E-state index in [0.717, 1.165) is 38.9 Å². The van der Waals surface area contributed by atoms with Crippen LogP contribution in [0.15, 0.2) is 150 Å². The van der Waals surface area contributed by atoms with Crippen LogP contribution in [0.25, 0.3) is 91.9 Å². The van der Waals surface area contributed by atoms with Gasteiger partial charge in [0.15, 0.2) is 7.28 Å². The van der Waals surface area contributed by atoms with Crippen LogP contribution < -0.4 is 16.2 Å². The van der Waals surface area contributed by atoms with Crippen LogP contribution in [0, 0.1) is 0 Å². The van der Waals surface area contributed by atoms with Crippen molar-refractivity contribution in [2.24, 2.45) is 0 Å². The molecule has 0 saturated heterocycles. The molecule has 8 aromatic carbocycles. The first-order valence-corrected chi connectivity index (χ1v) is 21.8. The van der Waals surface area contributed by atoms with Crippen LogP contribution in [0.1, 0.15) is 51.3 Å². The predicted molar refractivity (Wildman–Crippen MR) is 257 cm³/mol. The Hall–Kier alpha value is -6.56. The van der Waals surface area contributed by atoms with Crippen LogP contribution in [0.4, 0.5) is 11.4 Å². The summed E-state index contributed by atoms with van der Waals surface area (Å²) in [6.07, 6.45) is 0. The number of nitrogens with zero attached hydrogens (tertiary/aromatic N) is 1. The highest BCUT2D eigenvalue weighted by molar-refractivity contribution is 7.25. The molecule has 5 heteroatoms. The summed E-state index contributed by atoms with van der Waals surface area (Å²) in [7, 11) is 2.47. The molecule has 0 unspecified atom stereocenters. The second kappa shape index (κ2) is 11.8. The van der Waals surface area contributed by atoms with Crippen LogP contribution in [-0.4, -0.2) is 11.8 Å². The maximum Gasteiger partial charge on any atom is 0.197 e. The van der Waals surface area contributed by atoms with E-state index in [2.05, 4.69) is 191 Å². The Labute approximate surface area is 353 Å². The second-order valence-electron chi connectivity index (χ2n) is 18.4. The molecular formula is C55H40BN2OS. The van der Waals surface area contributed by atoms with Crippen molar-refractivity contribution < 1.29 is 4.42 Å². The lowest BCUT2D eigenvalue weighted by Crippen LogP contribution is -2.38. The molecule has 2 aliphatic rings. The monoisotopic (exact) mass is 787 g/mol. The van der Waals surface area contributed by atoms with Crippen LogP contribution in [-0.2, 0) is 10.8 Å². The third-order valence-electron chi connectivity index (χ3n) is 13.6. The van der Waals surface area contributed by atoms with Gasteiger partial charge in [-0.1, -0.05) is 131 Å². The number of hydrogen-bond acceptors (Lipinski definition) is 3. The van der Waals surface area contributed by atoms with Gasteiger partial charge in [-0.05, 0) is 92.8 Å². The van der Waals surface area contributed by atoms with Gasteiger partial charge in [0.2, 0.25) is 0 Å². The Morgan fingerprint density at radius 2 is 1.37 bits per heavy atom. The Balaban J connectivity index is 1.11. The zero-order chi connectivity index (χ0) is 40.2. The number of furan rings is 1. The van der Waals surface area contributed by atoms with Gasteiger partial charge in [0, 0.05) is 75.7 Å². The summed E-state index contributed by atoms with van der Waals surface area (Å²) in [5.41, 5.74) is 19.1. The van der Waals surface area contributed by atoms with Crippen molar-refractivity contribution >= 4 is 105 Å². The molecule has 0 atom stereocenters. The van der Waals surface area contributed by atoms with Gasteiger partial charge in [-0.3, -0.25) is 0 Å². The zero-order valence-electron chi connectivity index (χ0n) is 34.2. The Morgan fingerprint density at radius 1 is 0.583 bits per heavy atom. The maximum absolute atomic E-state index is 6.53. The van der Waals surface area contributed by atoms with E-state index >= 15 is 0 Å². The van der Waals surface area contributed by atoms with E-state index in [0.29, 0.717) is 0 Å². The van der Waals surface area contributed by atoms with Gasteiger partial charge in [-0.2, -0.15) is 0 Å². The van der Waals surface area contributed by atoms with Crippen LogP contribution in [0.3, 0.4) is 0 Å². The second-order valence-corrected chi connectivity index (χ2v) is 19.5. The summed E-state index contributed by atoms with van der Waals surface area (Å²) in [5, 5.41) is 11.3. The van der Waals surface area contributed by atoms with Gasteiger partial charge in [0.05, 0.1) is 11.2 Å². The Kier molecular flexibility index (Phi) is 6.75. The van der Waals surface area contributed by atoms with Crippen LogP contribution in [0.2, 0.25) is 0 Å². The van der Waals surface area contributed by atoms with Gasteiger partial charge in [0.1, 0.15) is 11.2 Å². The average molecular weight is 788 g/mol. The Bertz CT molecular complexity index is 3670. The zero-order valence-corrected chi connectivity index (χ0v) is 35.0. The number of hydrogen-bond donors (Lipinski definition) is 1. The van der Waals surface area contributed by atoms with Crippen LogP contribution >= 0.6 is 11.3 Å². The van der Waals surface area contributed by atoms with E-state index in [1.807, 2.05) is 17.4 Å². The molecule has 11 aromatic rings. The maximum atomic E-state index is 6.53. The molecule has 13 rings (SSSR count). The molecule has 0 amide bonds. The van der Waals surface area contributed by atoms with Crippen molar-refractivity contribution in [1.82, 2.24) is 4.57 Å². The molecule has 1 N–H and O–H groups in total. The third kappa shape index (κ3) is 4.67. The fraction of sp³-hybridized carbons (Fsp3) is 0.127. The van der Waals surface area contributed by atoms with E-state index in [9.17, 15) is 0 Å². The lowest BCUT2D eigenvalue weighted by atomic mass is 9.58. The minimum absolute atomic E-state index is 0.0693. The standard InChI is InChI=1S/C55H40BN2OS/c1-54(2,3)30-18-20-31(21-19-30)57-45-29-49-40(33-13-7-10-16-48(33)59-49)24-38(45)35-22-23-36-39-27-51-41(34-14-8-11-17-50(34)60-51)26-46(39)58-47-25-37-32-12-6-9-15-42(32)55(4,5)43(37)28-44(47)56-52(35)53(36)58/h6-29,57H,1-5H3. The summed E-state index contributed by atoms with van der Waals surface area (Å²) in [5.74, 6) is 0. The summed E-state index contributed by atoms with van der Waals surface area (Å²) in [4.78, 5) is 0. The third-order valence-corrected chi connectivity index (χ3v) is 14.7. The minimum atomic E-state index is -0.114. The van der Waals surface area contributed by atoms with E-state index in [-0.39, 0.29) is 10.8 Å². The van der Waals surface area contributed by atoms with Gasteiger partial charge >= 0.3 is 0 Å². The quantitative estimate of drug-likeness (QED) is 0.181. The highest BCUT2D eigenvalue weighted by atomic mass is 32.1. The molecule has 0 saturated carbocycles. The van der Waals surface area contributed by atoms with Gasteiger partial charge in [-0.25, -0.2) is 0 Å². The van der Waals surface area contributed by atoms with Crippen molar-refractivity contribution in [1.29, 1.82) is 0 Å². The fourth-order valence-corrected chi connectivity index (χ4v) is 11.6. The molecule has 3 aromatic heterocycles. The number of para-hydroxylation sites is 1. The Morgan fingerprint density at radius 3 is 2.22 bits per heavy atom. The number of aromatic nitrogens is 1. The van der Waals surface area contributed by atoms with Crippen molar-refractivity contribution in [3.63, 3.8) is 0 Å². The van der Waals surface area contributed by atoms with E-state index in [1.165, 1.54) is 92.0 Å². The molecule has 1 aliphatic heterocycles. The van der Waals surface area contributed by atoms with Crippen molar-refractivity contribution in [2.75, 3.05) is 5.32 Å². The van der Waals surface area contributed by atoms with E-state index < -0.39 is 0 Å². The molecule has 1 aliphatic carbocycles. The first kappa shape index (κ1) is 34.3. The molecule has 1 radical (unpaired) electrons. The number of anilines is 2. The number of rotatable bonds is 3. The summed E-state index contributed by atoms with van der Waals surface area (Å²) < 4.78 is 11.8. The number of nitrogens with one attached hydrogen (secondary N) is 1. The molecule has 60 heavy (non-hydrogen) atoms. The smallest absolute Gasteiger partial charge is 0.197 e. The molecule has 3 nitrogen and oxygen atoms in total. The lowest BCUT2D eigenvalue weighted by Gasteiger charge is -2.27. The number of benzene rings is 8. The summed E-state index contributed by atoms with van der Waals surface area (Å²) in [6.45, 7) is 11.5. The SMILES string of the molecule is CC(C)(C)c1ccc(Nc2cc3oc4ccccc4c3cc2-c2ccc3c4cc5sc6ccccc6c5cc4n4c3c2[B]c2cc3c(cc2-4)-c2ccccc2C3(C)C)cc1. The predicted octanol–water partition coefficient (Wildman–Crippen LogP) is 14.0. The average Bonchev–Trinajstić information content (AvgIpc) is 3.96. The minimum Gasteiger partial charge on any atom is -0.456 e. The summed E-state index contributed by atoms with van der Waals surface area (Å²) in [6, 6.07) is 54.3. The first-order chi connectivity index (χ1) is 29.1. The lowest BCUT2D eigenvalue weighted by molar-refractivity contribution is 0.590. The normalized spacial score (nSPS) is 14.0. The molecule has 0 spiro atoms. The molecular weight excluding hydrogens is 747 g/mol. The number of fused-ring (bicyclic) bond motifs is 14. The van der Waals surface area contributed by atoms with Gasteiger partial charge < -0.3 is 14.3 Å². The number of thiophene rings is 1. The van der Waals surface area contributed by atoms with Gasteiger partial charge in [0.25, 0.3) is 0 Å². The first-order valence-electron chi connectivity index (χ1n) is 21.0. The highest BCUT2D eigenvalue weighted by Crippen LogP contribution is 2.50. The van der Waals surface area contributed by atoms with Gasteiger partial charge in [-0.15, -0.1) is 11.3 Å². The topological polar surface area (TPSA) is 30.1 Å².